The molecule has 1 atom stereocenters. The summed E-state index contributed by atoms with van der Waals surface area (Å²) < 4.78 is 10.5. The van der Waals surface area contributed by atoms with Gasteiger partial charge >= 0.3 is 0 Å². The van der Waals surface area contributed by atoms with Gasteiger partial charge in [-0.15, -0.1) is 0 Å². The Kier molecular flexibility index (Phi) is 6.00. The number of methoxy groups -OCH3 is 1. The second-order valence-electron chi connectivity index (χ2n) is 5.34. The van der Waals surface area contributed by atoms with Crippen LogP contribution in [-0.4, -0.2) is 50.9 Å². The van der Waals surface area contributed by atoms with Crippen molar-refractivity contribution in [3.63, 3.8) is 0 Å². The molecule has 1 aromatic carbocycles. The summed E-state index contributed by atoms with van der Waals surface area (Å²) in [7, 11) is 1.58. The third-order valence-corrected chi connectivity index (χ3v) is 3.67. The average Bonchev–Trinajstić information content (AvgIpc) is 2.53. The predicted octanol–water partition coefficient (Wildman–Crippen LogP) is 1.38. The van der Waals surface area contributed by atoms with Crippen molar-refractivity contribution >= 4 is 0 Å². The zero-order valence-electron chi connectivity index (χ0n) is 12.8. The SMILES string of the molecule is COc1ccc(CNC(C)CN2CCOCC2)cc1C#N. The molecule has 0 aromatic heterocycles. The molecule has 0 saturated carbocycles. The topological polar surface area (TPSA) is 57.5 Å². The highest BCUT2D eigenvalue weighted by Crippen LogP contribution is 2.18. The molecule has 1 N–H and O–H groups in total. The molecule has 0 spiro atoms. The van der Waals surface area contributed by atoms with Crippen molar-refractivity contribution in [3.05, 3.63) is 29.3 Å². The van der Waals surface area contributed by atoms with E-state index in [0.717, 1.165) is 45.0 Å². The van der Waals surface area contributed by atoms with Gasteiger partial charge in [0.05, 0.1) is 25.9 Å². The first-order valence-electron chi connectivity index (χ1n) is 7.33. The molecule has 1 aliphatic rings. The number of ether oxygens (including phenoxy) is 2. The Labute approximate surface area is 126 Å². The molecule has 1 fully saturated rings. The normalized spacial score (nSPS) is 17.2. The second-order valence-corrected chi connectivity index (χ2v) is 5.34. The van der Waals surface area contributed by atoms with E-state index in [1.165, 1.54) is 0 Å². The van der Waals surface area contributed by atoms with Crippen LogP contribution in [0.25, 0.3) is 0 Å². The van der Waals surface area contributed by atoms with Gasteiger partial charge in [-0.3, -0.25) is 4.90 Å². The number of rotatable bonds is 6. The average molecular weight is 289 g/mol. The van der Waals surface area contributed by atoms with Crippen LogP contribution in [0.2, 0.25) is 0 Å². The Balaban J connectivity index is 1.83. The van der Waals surface area contributed by atoms with E-state index >= 15 is 0 Å². The highest BCUT2D eigenvalue weighted by atomic mass is 16.5. The van der Waals surface area contributed by atoms with Crippen molar-refractivity contribution in [1.29, 1.82) is 5.26 Å². The number of benzene rings is 1. The Bertz CT molecular complexity index is 493. The van der Waals surface area contributed by atoms with Gasteiger partial charge < -0.3 is 14.8 Å². The number of hydrogen-bond donors (Lipinski definition) is 1. The van der Waals surface area contributed by atoms with Gasteiger partial charge in [0.2, 0.25) is 0 Å². The molecule has 1 aliphatic heterocycles. The minimum absolute atomic E-state index is 0.399. The molecule has 0 aliphatic carbocycles. The third kappa shape index (κ3) is 4.71. The summed E-state index contributed by atoms with van der Waals surface area (Å²) >= 11 is 0. The van der Waals surface area contributed by atoms with Gasteiger partial charge in [-0.25, -0.2) is 0 Å². The van der Waals surface area contributed by atoms with E-state index in [9.17, 15) is 0 Å². The molecule has 1 saturated heterocycles. The highest BCUT2D eigenvalue weighted by molar-refractivity contribution is 5.45. The van der Waals surface area contributed by atoms with Crippen LogP contribution in [-0.2, 0) is 11.3 Å². The molecular weight excluding hydrogens is 266 g/mol. The van der Waals surface area contributed by atoms with Gasteiger partial charge in [-0.05, 0) is 24.6 Å². The van der Waals surface area contributed by atoms with Crippen molar-refractivity contribution < 1.29 is 9.47 Å². The lowest BCUT2D eigenvalue weighted by atomic mass is 10.1. The Morgan fingerprint density at radius 1 is 1.43 bits per heavy atom. The number of morpholine rings is 1. The first-order chi connectivity index (χ1) is 10.2. The van der Waals surface area contributed by atoms with Crippen molar-refractivity contribution in [2.24, 2.45) is 0 Å². The molecule has 1 aromatic rings. The summed E-state index contributed by atoms with van der Waals surface area (Å²) in [4.78, 5) is 2.41. The van der Waals surface area contributed by atoms with E-state index in [2.05, 4.69) is 23.2 Å². The number of nitriles is 1. The smallest absolute Gasteiger partial charge is 0.136 e. The molecule has 114 valence electrons. The van der Waals surface area contributed by atoms with Crippen LogP contribution in [0.3, 0.4) is 0 Å². The Morgan fingerprint density at radius 2 is 2.19 bits per heavy atom. The Hall–Kier alpha value is -1.61. The maximum Gasteiger partial charge on any atom is 0.136 e. The van der Waals surface area contributed by atoms with Gasteiger partial charge in [0.25, 0.3) is 0 Å². The summed E-state index contributed by atoms with van der Waals surface area (Å²) in [6, 6.07) is 8.29. The van der Waals surface area contributed by atoms with Crippen molar-refractivity contribution in [3.8, 4) is 11.8 Å². The first-order valence-corrected chi connectivity index (χ1v) is 7.33. The van der Waals surface area contributed by atoms with E-state index < -0.39 is 0 Å². The number of hydrogen-bond acceptors (Lipinski definition) is 5. The van der Waals surface area contributed by atoms with Crippen molar-refractivity contribution in [2.75, 3.05) is 40.0 Å². The van der Waals surface area contributed by atoms with E-state index in [4.69, 9.17) is 14.7 Å². The maximum absolute atomic E-state index is 9.10. The fraction of sp³-hybridized carbons (Fsp3) is 0.562. The molecule has 5 heteroatoms. The van der Waals surface area contributed by atoms with Crippen LogP contribution in [0.15, 0.2) is 18.2 Å². The third-order valence-electron chi connectivity index (χ3n) is 3.67. The largest absolute Gasteiger partial charge is 0.495 e. The Morgan fingerprint density at radius 3 is 2.86 bits per heavy atom. The lowest BCUT2D eigenvalue weighted by Crippen LogP contribution is -2.44. The molecule has 0 amide bonds. The van der Waals surface area contributed by atoms with Crippen LogP contribution in [0, 0.1) is 11.3 Å². The van der Waals surface area contributed by atoms with Gasteiger partial charge in [0.15, 0.2) is 0 Å². The van der Waals surface area contributed by atoms with Crippen molar-refractivity contribution in [1.82, 2.24) is 10.2 Å². The summed E-state index contributed by atoms with van der Waals surface area (Å²) in [5.74, 6) is 0.627. The fourth-order valence-electron chi connectivity index (χ4n) is 2.48. The molecule has 21 heavy (non-hydrogen) atoms. The van der Waals surface area contributed by atoms with Crippen LogP contribution < -0.4 is 10.1 Å². The van der Waals surface area contributed by atoms with Crippen LogP contribution in [0.5, 0.6) is 5.75 Å². The molecule has 2 rings (SSSR count). The lowest BCUT2D eigenvalue weighted by Gasteiger charge is -2.29. The van der Waals surface area contributed by atoms with Gasteiger partial charge in [-0.1, -0.05) is 6.07 Å². The molecule has 1 unspecified atom stereocenters. The van der Waals surface area contributed by atoms with Gasteiger partial charge in [-0.2, -0.15) is 5.26 Å². The fourth-order valence-corrected chi connectivity index (χ4v) is 2.48. The van der Waals surface area contributed by atoms with Crippen molar-refractivity contribution in [2.45, 2.75) is 19.5 Å². The predicted molar refractivity (Wildman–Crippen MR) is 81.3 cm³/mol. The first kappa shape index (κ1) is 15.8. The van der Waals surface area contributed by atoms with Gasteiger partial charge in [0.1, 0.15) is 11.8 Å². The summed E-state index contributed by atoms with van der Waals surface area (Å²) in [5.41, 5.74) is 1.68. The van der Waals surface area contributed by atoms with E-state index in [1.807, 2.05) is 18.2 Å². The number of nitrogens with zero attached hydrogens (tertiary/aromatic N) is 2. The molecule has 1 heterocycles. The minimum atomic E-state index is 0.399. The quantitative estimate of drug-likeness (QED) is 0.857. The van der Waals surface area contributed by atoms with E-state index in [1.54, 1.807) is 7.11 Å². The van der Waals surface area contributed by atoms with Crippen LogP contribution in [0.1, 0.15) is 18.1 Å². The zero-order chi connectivity index (χ0) is 15.1. The zero-order valence-corrected chi connectivity index (χ0v) is 12.8. The second kappa shape index (κ2) is 7.99. The highest BCUT2D eigenvalue weighted by Gasteiger charge is 2.13. The van der Waals surface area contributed by atoms with E-state index in [-0.39, 0.29) is 0 Å². The van der Waals surface area contributed by atoms with E-state index in [0.29, 0.717) is 17.4 Å². The summed E-state index contributed by atoms with van der Waals surface area (Å²) in [5, 5.41) is 12.6. The molecule has 0 radical (unpaired) electrons. The number of nitrogens with one attached hydrogen (secondary N) is 1. The maximum atomic E-state index is 9.10. The van der Waals surface area contributed by atoms with Crippen LogP contribution >= 0.6 is 0 Å². The molecule has 5 nitrogen and oxygen atoms in total. The van der Waals surface area contributed by atoms with Crippen LogP contribution in [0.4, 0.5) is 0 Å². The summed E-state index contributed by atoms with van der Waals surface area (Å²) in [6.45, 7) is 7.63. The summed E-state index contributed by atoms with van der Waals surface area (Å²) in [6.07, 6.45) is 0. The van der Waals surface area contributed by atoms with Gasteiger partial charge in [0, 0.05) is 32.2 Å². The molecular formula is C16H23N3O2. The molecule has 0 bridgehead atoms. The standard InChI is InChI=1S/C16H23N3O2/c1-13(12-19-5-7-21-8-6-19)18-11-14-3-4-16(20-2)15(9-14)10-17/h3-4,9,13,18H,5-8,11-12H2,1-2H3. The minimum Gasteiger partial charge on any atom is -0.495 e. The lowest BCUT2D eigenvalue weighted by molar-refractivity contribution is 0.0343. The monoisotopic (exact) mass is 289 g/mol.